The lowest BCUT2D eigenvalue weighted by Gasteiger charge is -2.01. The number of nitrogens with zero attached hydrogens (tertiary/aromatic N) is 1. The minimum atomic E-state index is -0.301. The number of anilines is 1. The summed E-state index contributed by atoms with van der Waals surface area (Å²) in [4.78, 5) is 16.5. The second kappa shape index (κ2) is 8.54. The molecule has 26 heavy (non-hydrogen) atoms. The van der Waals surface area contributed by atoms with Crippen LogP contribution in [0.5, 0.6) is 0 Å². The van der Waals surface area contributed by atoms with E-state index >= 15 is 0 Å². The zero-order valence-electron chi connectivity index (χ0n) is 14.4. The topological polar surface area (TPSA) is 42.0 Å². The molecule has 0 radical (unpaired) electrons. The molecule has 0 unspecified atom stereocenters. The SMILES string of the molecule is CCCc1ccc(-c2csc(NC(=O)/C=C/c3ccc(F)cc3)n2)cc1. The van der Waals surface area contributed by atoms with Crippen molar-refractivity contribution in [1.29, 1.82) is 0 Å². The van der Waals surface area contributed by atoms with Crippen molar-refractivity contribution in [2.45, 2.75) is 19.8 Å². The van der Waals surface area contributed by atoms with Crippen LogP contribution in [-0.4, -0.2) is 10.9 Å². The molecule has 0 aliphatic carbocycles. The van der Waals surface area contributed by atoms with E-state index in [1.165, 1.54) is 35.1 Å². The predicted molar refractivity (Wildman–Crippen MR) is 106 cm³/mol. The molecular formula is C21H19FN2OS. The summed E-state index contributed by atoms with van der Waals surface area (Å²) in [6.45, 7) is 2.16. The largest absolute Gasteiger partial charge is 0.298 e. The van der Waals surface area contributed by atoms with Crippen LogP contribution in [0, 0.1) is 5.82 Å². The number of thiazole rings is 1. The van der Waals surface area contributed by atoms with Crippen LogP contribution in [-0.2, 0) is 11.2 Å². The number of hydrogen-bond donors (Lipinski definition) is 1. The van der Waals surface area contributed by atoms with Gasteiger partial charge in [0.15, 0.2) is 5.13 Å². The maximum Gasteiger partial charge on any atom is 0.250 e. The molecule has 3 nitrogen and oxygen atoms in total. The van der Waals surface area contributed by atoms with Crippen molar-refractivity contribution < 1.29 is 9.18 Å². The van der Waals surface area contributed by atoms with Crippen LogP contribution in [0.2, 0.25) is 0 Å². The molecule has 0 atom stereocenters. The Labute approximate surface area is 156 Å². The van der Waals surface area contributed by atoms with Crippen molar-refractivity contribution in [3.05, 3.63) is 76.9 Å². The second-order valence-electron chi connectivity index (χ2n) is 5.86. The first-order chi connectivity index (χ1) is 12.6. The van der Waals surface area contributed by atoms with Gasteiger partial charge >= 0.3 is 0 Å². The monoisotopic (exact) mass is 366 g/mol. The summed E-state index contributed by atoms with van der Waals surface area (Å²) in [5.74, 6) is -0.571. The maximum absolute atomic E-state index is 12.9. The third-order valence-electron chi connectivity index (χ3n) is 3.82. The van der Waals surface area contributed by atoms with Crippen molar-refractivity contribution in [3.8, 4) is 11.3 Å². The Hall–Kier alpha value is -2.79. The molecule has 0 aliphatic heterocycles. The quantitative estimate of drug-likeness (QED) is 0.581. The molecule has 1 N–H and O–H groups in total. The highest BCUT2D eigenvalue weighted by molar-refractivity contribution is 7.14. The van der Waals surface area contributed by atoms with Crippen molar-refractivity contribution >= 4 is 28.5 Å². The summed E-state index contributed by atoms with van der Waals surface area (Å²) in [7, 11) is 0. The highest BCUT2D eigenvalue weighted by Gasteiger charge is 2.06. The fraction of sp³-hybridized carbons (Fsp3) is 0.143. The molecular weight excluding hydrogens is 347 g/mol. The van der Waals surface area contributed by atoms with Crippen LogP contribution in [0.1, 0.15) is 24.5 Å². The smallest absolute Gasteiger partial charge is 0.250 e. The molecule has 132 valence electrons. The van der Waals surface area contributed by atoms with Gasteiger partial charge in [-0.3, -0.25) is 10.1 Å². The lowest BCUT2D eigenvalue weighted by Crippen LogP contribution is -2.07. The average molecular weight is 366 g/mol. The molecule has 0 fully saturated rings. The Bertz CT molecular complexity index is 899. The van der Waals surface area contributed by atoms with Crippen molar-refractivity contribution in [1.82, 2.24) is 4.98 Å². The fourth-order valence-corrected chi connectivity index (χ4v) is 3.21. The van der Waals surface area contributed by atoms with Crippen LogP contribution < -0.4 is 5.32 Å². The number of benzene rings is 2. The zero-order valence-corrected chi connectivity index (χ0v) is 15.2. The van der Waals surface area contributed by atoms with Gasteiger partial charge in [0.1, 0.15) is 5.82 Å². The number of aromatic nitrogens is 1. The molecule has 5 heteroatoms. The first kappa shape index (κ1) is 18.0. The Morgan fingerprint density at radius 3 is 2.58 bits per heavy atom. The normalized spacial score (nSPS) is 11.0. The molecule has 0 saturated carbocycles. The number of carbonyl (C=O) groups excluding carboxylic acids is 1. The Kier molecular flexibility index (Phi) is 5.92. The van der Waals surface area contributed by atoms with E-state index in [4.69, 9.17) is 0 Å². The van der Waals surface area contributed by atoms with Gasteiger partial charge in [0.05, 0.1) is 5.69 Å². The molecule has 0 spiro atoms. The molecule has 1 aromatic heterocycles. The highest BCUT2D eigenvalue weighted by Crippen LogP contribution is 2.25. The zero-order chi connectivity index (χ0) is 18.4. The first-order valence-electron chi connectivity index (χ1n) is 8.43. The minimum Gasteiger partial charge on any atom is -0.298 e. The highest BCUT2D eigenvalue weighted by atomic mass is 32.1. The van der Waals surface area contributed by atoms with E-state index < -0.39 is 0 Å². The molecule has 2 aromatic carbocycles. The number of hydrogen-bond acceptors (Lipinski definition) is 3. The number of halogens is 1. The maximum atomic E-state index is 12.9. The third kappa shape index (κ3) is 4.86. The summed E-state index contributed by atoms with van der Waals surface area (Å²) in [5, 5.41) is 5.23. The predicted octanol–water partition coefficient (Wildman–Crippen LogP) is 5.55. The van der Waals surface area contributed by atoms with Crippen molar-refractivity contribution in [3.63, 3.8) is 0 Å². The molecule has 0 aliphatic rings. The molecule has 3 rings (SSSR count). The summed E-state index contributed by atoms with van der Waals surface area (Å²) in [6.07, 6.45) is 5.24. The average Bonchev–Trinajstić information content (AvgIpc) is 3.10. The number of rotatable bonds is 6. The Morgan fingerprint density at radius 2 is 1.88 bits per heavy atom. The Balaban J connectivity index is 1.62. The van der Waals surface area contributed by atoms with Crippen LogP contribution in [0.15, 0.2) is 60.0 Å². The van der Waals surface area contributed by atoms with E-state index in [2.05, 4.69) is 41.5 Å². The van der Waals surface area contributed by atoms with E-state index in [-0.39, 0.29) is 11.7 Å². The lowest BCUT2D eigenvalue weighted by atomic mass is 10.1. The van der Waals surface area contributed by atoms with Gasteiger partial charge in [-0.25, -0.2) is 9.37 Å². The van der Waals surface area contributed by atoms with Crippen LogP contribution in [0.4, 0.5) is 9.52 Å². The number of aryl methyl sites for hydroxylation is 1. The standard InChI is InChI=1S/C21H19FN2OS/c1-2-3-15-4-9-17(10-5-15)19-14-26-21(23-19)24-20(25)13-8-16-6-11-18(22)12-7-16/h4-14H,2-3H2,1H3,(H,23,24,25)/b13-8+. The summed E-state index contributed by atoms with van der Waals surface area (Å²) >= 11 is 1.38. The van der Waals surface area contributed by atoms with E-state index in [0.717, 1.165) is 29.7 Å². The van der Waals surface area contributed by atoms with Crippen LogP contribution >= 0.6 is 11.3 Å². The van der Waals surface area contributed by atoms with Crippen molar-refractivity contribution in [2.75, 3.05) is 5.32 Å². The van der Waals surface area contributed by atoms with Gasteiger partial charge in [-0.05, 0) is 35.8 Å². The number of carbonyl (C=O) groups is 1. The van der Waals surface area contributed by atoms with E-state index in [9.17, 15) is 9.18 Å². The second-order valence-corrected chi connectivity index (χ2v) is 6.72. The van der Waals surface area contributed by atoms with Gasteiger partial charge in [0, 0.05) is 17.0 Å². The third-order valence-corrected chi connectivity index (χ3v) is 4.58. The van der Waals surface area contributed by atoms with Crippen LogP contribution in [0.3, 0.4) is 0 Å². The fourth-order valence-electron chi connectivity index (χ4n) is 2.49. The van der Waals surface area contributed by atoms with Gasteiger partial charge in [0.2, 0.25) is 5.91 Å². The first-order valence-corrected chi connectivity index (χ1v) is 9.31. The molecule has 1 amide bonds. The van der Waals surface area contributed by atoms with Crippen LogP contribution in [0.25, 0.3) is 17.3 Å². The summed E-state index contributed by atoms with van der Waals surface area (Å²) in [5.41, 5.74) is 3.94. The van der Waals surface area contributed by atoms with E-state index in [0.29, 0.717) is 5.13 Å². The minimum absolute atomic E-state index is 0.270. The molecule has 3 aromatic rings. The van der Waals surface area contributed by atoms with Crippen molar-refractivity contribution in [2.24, 2.45) is 0 Å². The molecule has 0 bridgehead atoms. The van der Waals surface area contributed by atoms with Gasteiger partial charge < -0.3 is 0 Å². The van der Waals surface area contributed by atoms with Gasteiger partial charge in [-0.1, -0.05) is 49.7 Å². The van der Waals surface area contributed by atoms with E-state index in [1.807, 2.05) is 5.38 Å². The number of nitrogens with one attached hydrogen (secondary N) is 1. The molecule has 1 heterocycles. The lowest BCUT2D eigenvalue weighted by molar-refractivity contribution is -0.111. The molecule has 0 saturated heterocycles. The van der Waals surface area contributed by atoms with Gasteiger partial charge in [-0.2, -0.15) is 0 Å². The van der Waals surface area contributed by atoms with Gasteiger partial charge in [0.25, 0.3) is 0 Å². The summed E-state index contributed by atoms with van der Waals surface area (Å²) in [6, 6.07) is 14.3. The van der Waals surface area contributed by atoms with Gasteiger partial charge in [-0.15, -0.1) is 11.3 Å². The number of amides is 1. The summed E-state index contributed by atoms with van der Waals surface area (Å²) < 4.78 is 12.9. The Morgan fingerprint density at radius 1 is 1.15 bits per heavy atom. The van der Waals surface area contributed by atoms with E-state index in [1.54, 1.807) is 18.2 Å².